The van der Waals surface area contributed by atoms with E-state index >= 15 is 0 Å². The maximum absolute atomic E-state index is 10.8. The fourth-order valence-electron chi connectivity index (χ4n) is 0. The fraction of sp³-hybridized carbons (Fsp3) is 1.00. The van der Waals surface area contributed by atoms with Crippen LogP contribution in [0.1, 0.15) is 34.6 Å². The molecule has 0 saturated carbocycles. The Kier molecular flexibility index (Phi) is 26.3. The minimum Gasteiger partial charge on any atom is -0.153 e. The SMILES string of the molecule is CC.CC(C)C.CN(C)F. The number of hydrogen-bond donors (Lipinski definition) is 0. The highest BCUT2D eigenvalue weighted by Gasteiger charge is 1.68. The van der Waals surface area contributed by atoms with E-state index in [2.05, 4.69) is 20.8 Å². The molecule has 0 aromatic carbocycles. The van der Waals surface area contributed by atoms with Gasteiger partial charge in [0.1, 0.15) is 0 Å². The van der Waals surface area contributed by atoms with E-state index in [9.17, 15) is 4.48 Å². The van der Waals surface area contributed by atoms with Gasteiger partial charge < -0.3 is 0 Å². The van der Waals surface area contributed by atoms with E-state index in [-0.39, 0.29) is 0 Å². The summed E-state index contributed by atoms with van der Waals surface area (Å²) < 4.78 is 10.8. The highest BCUT2D eigenvalue weighted by molar-refractivity contribution is 4.20. The lowest BCUT2D eigenvalue weighted by atomic mass is 10.3. The third-order valence-corrected chi connectivity index (χ3v) is 0. The predicted octanol–water partition coefficient (Wildman–Crippen LogP) is 3.12. The second kappa shape index (κ2) is 16.0. The molecule has 0 rings (SSSR count). The Morgan fingerprint density at radius 2 is 1.00 bits per heavy atom. The van der Waals surface area contributed by atoms with Crippen molar-refractivity contribution in [1.29, 1.82) is 0 Å². The number of halogens is 1. The van der Waals surface area contributed by atoms with Crippen LogP contribution in [0.3, 0.4) is 0 Å². The molecule has 0 aromatic rings. The zero-order chi connectivity index (χ0) is 9.15. The molecule has 66 valence electrons. The first kappa shape index (κ1) is 16.5. The Hall–Kier alpha value is -0.110. The molecule has 10 heavy (non-hydrogen) atoms. The van der Waals surface area contributed by atoms with E-state index in [0.29, 0.717) is 5.12 Å². The van der Waals surface area contributed by atoms with E-state index in [1.54, 1.807) is 0 Å². The molecule has 0 unspecified atom stereocenters. The topological polar surface area (TPSA) is 3.24 Å². The highest BCUT2D eigenvalue weighted by atomic mass is 19.2. The van der Waals surface area contributed by atoms with Crippen molar-refractivity contribution in [3.05, 3.63) is 0 Å². The highest BCUT2D eigenvalue weighted by Crippen LogP contribution is 1.81. The summed E-state index contributed by atoms with van der Waals surface area (Å²) in [6.07, 6.45) is 0. The molecule has 0 aliphatic heterocycles. The minimum atomic E-state index is 0.500. The van der Waals surface area contributed by atoms with E-state index in [1.165, 1.54) is 14.1 Å². The second-order valence-electron chi connectivity index (χ2n) is 2.52. The maximum atomic E-state index is 10.8. The average molecular weight is 151 g/mol. The van der Waals surface area contributed by atoms with E-state index < -0.39 is 0 Å². The molecule has 0 N–H and O–H groups in total. The van der Waals surface area contributed by atoms with Gasteiger partial charge in [-0.1, -0.05) is 34.6 Å². The van der Waals surface area contributed by atoms with Crippen LogP contribution in [0.15, 0.2) is 0 Å². The average Bonchev–Trinajstić information content (AvgIpc) is 1.66. The van der Waals surface area contributed by atoms with Gasteiger partial charge in [0.2, 0.25) is 0 Å². The van der Waals surface area contributed by atoms with Crippen LogP contribution in [0.4, 0.5) is 4.48 Å². The summed E-state index contributed by atoms with van der Waals surface area (Å²) in [6.45, 7) is 10.5. The van der Waals surface area contributed by atoms with Crippen molar-refractivity contribution in [2.75, 3.05) is 14.1 Å². The third kappa shape index (κ3) is 31000. The third-order valence-electron chi connectivity index (χ3n) is 0. The van der Waals surface area contributed by atoms with Crippen LogP contribution >= 0.6 is 0 Å². The normalized spacial score (nSPS) is 7.80. The first-order valence-corrected chi connectivity index (χ1v) is 3.80. The minimum absolute atomic E-state index is 0.500. The molecule has 0 spiro atoms. The quantitative estimate of drug-likeness (QED) is 0.481. The van der Waals surface area contributed by atoms with Gasteiger partial charge in [-0.3, -0.25) is 0 Å². The lowest BCUT2D eigenvalue weighted by Gasteiger charge is -1.83. The summed E-state index contributed by atoms with van der Waals surface area (Å²) in [6, 6.07) is 0. The molecule has 0 fully saturated rings. The zero-order valence-electron chi connectivity index (χ0n) is 8.40. The summed E-state index contributed by atoms with van der Waals surface area (Å²) in [5, 5.41) is 0.500. The van der Waals surface area contributed by atoms with Gasteiger partial charge in [0.05, 0.1) is 0 Å². The Morgan fingerprint density at radius 1 is 1.00 bits per heavy atom. The summed E-state index contributed by atoms with van der Waals surface area (Å²) in [7, 11) is 2.67. The number of rotatable bonds is 0. The number of hydrogen-bond acceptors (Lipinski definition) is 1. The molecule has 0 atom stereocenters. The summed E-state index contributed by atoms with van der Waals surface area (Å²) in [5.74, 6) is 0.833. The zero-order valence-corrected chi connectivity index (χ0v) is 8.40. The Bertz CT molecular complexity index is 24.7. The molecule has 0 amide bonds. The van der Waals surface area contributed by atoms with Crippen molar-refractivity contribution in [3.8, 4) is 0 Å². The van der Waals surface area contributed by atoms with Crippen LogP contribution in [-0.4, -0.2) is 19.2 Å². The molecule has 2 heteroatoms. The molecule has 0 radical (unpaired) electrons. The monoisotopic (exact) mass is 151 g/mol. The predicted molar refractivity (Wildman–Crippen MR) is 46.7 cm³/mol. The summed E-state index contributed by atoms with van der Waals surface area (Å²) in [5.41, 5.74) is 0. The van der Waals surface area contributed by atoms with Gasteiger partial charge in [0.25, 0.3) is 0 Å². The molecular weight excluding hydrogens is 129 g/mol. The maximum Gasteiger partial charge on any atom is 0.0173 e. The Balaban J connectivity index is -0.0000000787. The number of nitrogens with zero attached hydrogens (tertiary/aromatic N) is 1. The first-order chi connectivity index (χ1) is 4.46. The van der Waals surface area contributed by atoms with Crippen LogP contribution in [0.25, 0.3) is 0 Å². The van der Waals surface area contributed by atoms with Gasteiger partial charge in [0.15, 0.2) is 0 Å². The summed E-state index contributed by atoms with van der Waals surface area (Å²) >= 11 is 0. The molecule has 0 aliphatic carbocycles. The van der Waals surface area contributed by atoms with Gasteiger partial charge in [-0.2, -0.15) is 5.12 Å². The molecule has 0 saturated heterocycles. The van der Waals surface area contributed by atoms with Gasteiger partial charge in [-0.15, -0.1) is 4.48 Å². The Labute approximate surface area is 65.2 Å². The second-order valence-corrected chi connectivity index (χ2v) is 2.52. The van der Waals surface area contributed by atoms with Crippen molar-refractivity contribution in [2.24, 2.45) is 5.92 Å². The molecule has 0 aromatic heterocycles. The molecule has 1 nitrogen and oxygen atoms in total. The van der Waals surface area contributed by atoms with Crippen LogP contribution in [-0.2, 0) is 0 Å². The van der Waals surface area contributed by atoms with E-state index in [4.69, 9.17) is 0 Å². The van der Waals surface area contributed by atoms with Crippen molar-refractivity contribution >= 4 is 0 Å². The van der Waals surface area contributed by atoms with Crippen LogP contribution in [0, 0.1) is 5.92 Å². The standard InChI is InChI=1S/C4H10.C2H6FN.C2H6/c2*1-4(2)3;1-2/h4H,1-3H3;1-2H3;1-2H3. The molecule has 0 heterocycles. The Morgan fingerprint density at radius 3 is 1.00 bits per heavy atom. The van der Waals surface area contributed by atoms with Gasteiger partial charge >= 0.3 is 0 Å². The fourth-order valence-corrected chi connectivity index (χ4v) is 0. The molecule has 0 bridgehead atoms. The van der Waals surface area contributed by atoms with Crippen LogP contribution in [0.2, 0.25) is 0 Å². The van der Waals surface area contributed by atoms with E-state index in [0.717, 1.165) is 5.92 Å². The lowest BCUT2D eigenvalue weighted by molar-refractivity contribution is 0.0977. The van der Waals surface area contributed by atoms with Crippen LogP contribution < -0.4 is 0 Å². The lowest BCUT2D eigenvalue weighted by Crippen LogP contribution is -1.91. The van der Waals surface area contributed by atoms with Crippen molar-refractivity contribution in [1.82, 2.24) is 5.12 Å². The van der Waals surface area contributed by atoms with Crippen molar-refractivity contribution < 1.29 is 4.48 Å². The first-order valence-electron chi connectivity index (χ1n) is 3.80. The molecule has 0 aliphatic rings. The van der Waals surface area contributed by atoms with Gasteiger partial charge in [0, 0.05) is 14.1 Å². The smallest absolute Gasteiger partial charge is 0.0173 e. The van der Waals surface area contributed by atoms with Gasteiger partial charge in [-0.25, -0.2) is 0 Å². The van der Waals surface area contributed by atoms with Crippen LogP contribution in [0.5, 0.6) is 0 Å². The van der Waals surface area contributed by atoms with Crippen molar-refractivity contribution in [3.63, 3.8) is 0 Å². The van der Waals surface area contributed by atoms with Gasteiger partial charge in [-0.05, 0) is 5.92 Å². The summed E-state index contributed by atoms with van der Waals surface area (Å²) in [4.78, 5) is 0. The van der Waals surface area contributed by atoms with Crippen molar-refractivity contribution in [2.45, 2.75) is 34.6 Å². The largest absolute Gasteiger partial charge is 0.153 e. The molecular formula is C8H22FN. The van der Waals surface area contributed by atoms with E-state index in [1.807, 2.05) is 13.8 Å².